The van der Waals surface area contributed by atoms with E-state index >= 15 is 0 Å². The van der Waals surface area contributed by atoms with Gasteiger partial charge in [-0.05, 0) is 12.8 Å². The van der Waals surface area contributed by atoms with Gasteiger partial charge in [0.1, 0.15) is 0 Å². The van der Waals surface area contributed by atoms with Crippen LogP contribution in [-0.2, 0) is 9.59 Å². The van der Waals surface area contributed by atoms with E-state index in [1.807, 2.05) is 0 Å². The molecule has 0 aromatic carbocycles. The summed E-state index contributed by atoms with van der Waals surface area (Å²) < 4.78 is 0. The van der Waals surface area contributed by atoms with Crippen molar-refractivity contribution in [1.82, 2.24) is 10.6 Å². The smallest absolute Gasteiger partial charge is 0.303 e. The van der Waals surface area contributed by atoms with Gasteiger partial charge in [0.05, 0.1) is 26.4 Å². The average molecular weight is 427 g/mol. The highest BCUT2D eigenvalue weighted by atomic mass is 16.4. The molecule has 0 spiro atoms. The van der Waals surface area contributed by atoms with E-state index in [0.717, 1.165) is 44.9 Å². The van der Waals surface area contributed by atoms with Crippen LogP contribution in [0.2, 0.25) is 0 Å². The molecule has 0 saturated carbocycles. The normalized spacial score (nSPS) is 9.79. The van der Waals surface area contributed by atoms with E-state index in [4.69, 9.17) is 30.6 Å². The van der Waals surface area contributed by atoms with Gasteiger partial charge in [-0.1, -0.05) is 32.1 Å². The van der Waals surface area contributed by atoms with Crippen molar-refractivity contribution in [3.05, 3.63) is 0 Å². The average Bonchev–Trinajstić information content (AvgIpc) is 2.68. The second-order valence-electron chi connectivity index (χ2n) is 6.16. The van der Waals surface area contributed by atoms with Crippen molar-refractivity contribution < 1.29 is 40.2 Å². The third-order valence-corrected chi connectivity index (χ3v) is 3.44. The van der Waals surface area contributed by atoms with Crippen LogP contribution < -0.4 is 10.6 Å². The first-order valence-corrected chi connectivity index (χ1v) is 10.2. The lowest BCUT2D eigenvalue weighted by atomic mass is 10.1. The SMILES string of the molecule is O=C(O)CCCCCCCCCC(=O)O.OCCNCCO.OCCNCCO. The van der Waals surface area contributed by atoms with Gasteiger partial charge in [-0.3, -0.25) is 9.59 Å². The number of hydrogen-bond donors (Lipinski definition) is 8. The molecule has 10 nitrogen and oxygen atoms in total. The van der Waals surface area contributed by atoms with Gasteiger partial charge in [0.15, 0.2) is 0 Å². The zero-order valence-corrected chi connectivity index (χ0v) is 17.5. The first-order chi connectivity index (χ1) is 14.0. The molecule has 0 aliphatic heterocycles. The zero-order chi connectivity index (χ0) is 22.6. The predicted octanol–water partition coefficient (Wildman–Crippen LogP) is -0.212. The first kappa shape index (κ1) is 32.4. The molecular formula is C19H42N2O8. The standard InChI is InChI=1S/C11H20O4.2C4H11NO2/c12-10(13)8-6-4-2-1-3-5-7-9-11(14)15;2*6-3-1-5-2-4-7/h1-9H2,(H,12,13)(H,14,15);2*5-7H,1-4H2. The molecule has 0 aliphatic carbocycles. The highest BCUT2D eigenvalue weighted by Crippen LogP contribution is 2.09. The van der Waals surface area contributed by atoms with Crippen LogP contribution in [0.1, 0.15) is 57.8 Å². The van der Waals surface area contributed by atoms with Gasteiger partial charge in [0.2, 0.25) is 0 Å². The lowest BCUT2D eigenvalue weighted by Gasteiger charge is -1.99. The van der Waals surface area contributed by atoms with Gasteiger partial charge in [0, 0.05) is 39.0 Å². The quantitative estimate of drug-likeness (QED) is 0.137. The van der Waals surface area contributed by atoms with E-state index in [1.54, 1.807) is 0 Å². The van der Waals surface area contributed by atoms with E-state index in [9.17, 15) is 9.59 Å². The highest BCUT2D eigenvalue weighted by molar-refractivity contribution is 5.66. The lowest BCUT2D eigenvalue weighted by molar-refractivity contribution is -0.138. The summed E-state index contributed by atoms with van der Waals surface area (Å²) in [5.41, 5.74) is 0. The monoisotopic (exact) mass is 426 g/mol. The minimum Gasteiger partial charge on any atom is -0.481 e. The number of carboxylic acids is 2. The molecule has 0 rings (SSSR count). The number of carboxylic acid groups (broad SMARTS) is 2. The maximum Gasteiger partial charge on any atom is 0.303 e. The Morgan fingerprint density at radius 3 is 0.931 bits per heavy atom. The van der Waals surface area contributed by atoms with E-state index in [0.29, 0.717) is 26.2 Å². The Kier molecular flexibility index (Phi) is 35.0. The fourth-order valence-electron chi connectivity index (χ4n) is 2.00. The van der Waals surface area contributed by atoms with Gasteiger partial charge in [-0.25, -0.2) is 0 Å². The number of carbonyl (C=O) groups is 2. The summed E-state index contributed by atoms with van der Waals surface area (Å²) in [6.45, 7) is 2.84. The van der Waals surface area contributed by atoms with Gasteiger partial charge in [-0.2, -0.15) is 0 Å². The molecule has 0 fully saturated rings. The molecular weight excluding hydrogens is 384 g/mol. The molecule has 0 bridgehead atoms. The Balaban J connectivity index is -0.000000402. The zero-order valence-electron chi connectivity index (χ0n) is 17.5. The van der Waals surface area contributed by atoms with E-state index < -0.39 is 11.9 Å². The van der Waals surface area contributed by atoms with Crippen LogP contribution in [0.3, 0.4) is 0 Å². The molecule has 176 valence electrons. The summed E-state index contributed by atoms with van der Waals surface area (Å²) in [5, 5.41) is 54.9. The number of rotatable bonds is 18. The van der Waals surface area contributed by atoms with Crippen molar-refractivity contribution in [2.75, 3.05) is 52.6 Å². The van der Waals surface area contributed by atoms with Crippen LogP contribution in [0.5, 0.6) is 0 Å². The summed E-state index contributed by atoms with van der Waals surface area (Å²) >= 11 is 0. The molecule has 0 aromatic heterocycles. The van der Waals surface area contributed by atoms with Crippen LogP contribution in [0.4, 0.5) is 0 Å². The summed E-state index contributed by atoms with van der Waals surface area (Å²) in [5.74, 6) is -1.45. The van der Waals surface area contributed by atoms with E-state index in [1.165, 1.54) is 0 Å². The Morgan fingerprint density at radius 2 is 0.724 bits per heavy atom. The second-order valence-corrected chi connectivity index (χ2v) is 6.16. The van der Waals surface area contributed by atoms with Crippen LogP contribution in [0, 0.1) is 0 Å². The highest BCUT2D eigenvalue weighted by Gasteiger charge is 1.98. The molecule has 0 radical (unpaired) electrons. The summed E-state index contributed by atoms with van der Waals surface area (Å²) in [7, 11) is 0. The van der Waals surface area contributed by atoms with Gasteiger partial charge >= 0.3 is 11.9 Å². The third-order valence-electron chi connectivity index (χ3n) is 3.44. The Morgan fingerprint density at radius 1 is 0.483 bits per heavy atom. The van der Waals surface area contributed by atoms with E-state index in [-0.39, 0.29) is 39.3 Å². The molecule has 8 N–H and O–H groups in total. The molecule has 0 saturated heterocycles. The minimum atomic E-state index is -0.726. The first-order valence-electron chi connectivity index (χ1n) is 10.2. The second kappa shape index (κ2) is 31.4. The van der Waals surface area contributed by atoms with Crippen LogP contribution in [0.25, 0.3) is 0 Å². The number of nitrogens with one attached hydrogen (secondary N) is 2. The van der Waals surface area contributed by atoms with Gasteiger partial charge in [0.25, 0.3) is 0 Å². The Bertz CT molecular complexity index is 295. The van der Waals surface area contributed by atoms with Crippen LogP contribution in [0.15, 0.2) is 0 Å². The molecule has 0 aliphatic rings. The van der Waals surface area contributed by atoms with Gasteiger partial charge in [-0.15, -0.1) is 0 Å². The van der Waals surface area contributed by atoms with E-state index in [2.05, 4.69) is 10.6 Å². The number of aliphatic hydroxyl groups is 4. The molecule has 29 heavy (non-hydrogen) atoms. The minimum absolute atomic E-state index is 0.139. The number of hydrogen-bond acceptors (Lipinski definition) is 8. The Hall–Kier alpha value is -1.30. The molecule has 0 amide bonds. The van der Waals surface area contributed by atoms with Crippen molar-refractivity contribution in [1.29, 1.82) is 0 Å². The van der Waals surface area contributed by atoms with Crippen molar-refractivity contribution >= 4 is 11.9 Å². The lowest BCUT2D eigenvalue weighted by Crippen LogP contribution is -2.21. The molecule has 0 unspecified atom stereocenters. The fourth-order valence-corrected chi connectivity index (χ4v) is 2.00. The maximum absolute atomic E-state index is 10.2. The number of aliphatic carboxylic acids is 2. The molecule has 0 heterocycles. The topological polar surface area (TPSA) is 180 Å². The molecule has 0 atom stereocenters. The van der Waals surface area contributed by atoms with Crippen molar-refractivity contribution in [3.8, 4) is 0 Å². The van der Waals surface area contributed by atoms with Crippen molar-refractivity contribution in [3.63, 3.8) is 0 Å². The summed E-state index contributed by atoms with van der Waals surface area (Å²) in [6.07, 6.45) is 7.16. The van der Waals surface area contributed by atoms with Crippen LogP contribution >= 0.6 is 0 Å². The number of aliphatic hydroxyl groups excluding tert-OH is 4. The summed E-state index contributed by atoms with van der Waals surface area (Å²) in [6, 6.07) is 0. The maximum atomic E-state index is 10.2. The molecule has 0 aromatic rings. The Labute approximate surface area is 174 Å². The van der Waals surface area contributed by atoms with Crippen molar-refractivity contribution in [2.45, 2.75) is 57.8 Å². The summed E-state index contributed by atoms with van der Waals surface area (Å²) in [4.78, 5) is 20.4. The molecule has 10 heteroatoms. The fraction of sp³-hybridized carbons (Fsp3) is 0.895. The van der Waals surface area contributed by atoms with Crippen LogP contribution in [-0.4, -0.2) is 95.2 Å². The number of unbranched alkanes of at least 4 members (excludes halogenated alkanes) is 6. The largest absolute Gasteiger partial charge is 0.481 e. The van der Waals surface area contributed by atoms with Gasteiger partial charge < -0.3 is 41.3 Å². The third kappa shape index (κ3) is 46.6. The predicted molar refractivity (Wildman–Crippen MR) is 111 cm³/mol. The van der Waals surface area contributed by atoms with Crippen molar-refractivity contribution in [2.24, 2.45) is 0 Å².